The Labute approximate surface area is 129 Å². The van der Waals surface area contributed by atoms with Crippen molar-refractivity contribution < 1.29 is 54.4 Å². The second-order valence-corrected chi connectivity index (χ2v) is 5.69. The minimum Gasteiger partial charge on any atom is -0.479 e. The van der Waals surface area contributed by atoms with E-state index in [1.165, 1.54) is 0 Å². The van der Waals surface area contributed by atoms with Gasteiger partial charge in [-0.3, -0.25) is 0 Å². The van der Waals surface area contributed by atoms with Crippen LogP contribution in [0.25, 0.3) is 0 Å². The molecule has 3 rings (SSSR count). The van der Waals surface area contributed by atoms with Crippen molar-refractivity contribution in [2.75, 3.05) is 6.61 Å². The van der Waals surface area contributed by atoms with Gasteiger partial charge in [0.05, 0.1) is 6.61 Å². The molecule has 3 aliphatic heterocycles. The highest BCUT2D eigenvalue weighted by Gasteiger charge is 2.55. The summed E-state index contributed by atoms with van der Waals surface area (Å²) < 4.78 is 20.8. The first-order valence-corrected chi connectivity index (χ1v) is 7.02. The standard InChI is InChI=1S/C12H18O11/c13-3-4(14)9(10(17)18)23-12(5(3)15)22-7-2-1-20-8(7)6(16)11(19)21-2/h2-9,11-16,19H,1H2,(H,17,18)/t2?,3-,4+,5-,6+,7+,8?,9?,11+,12+/m0/s1. The molecule has 132 valence electrons. The lowest BCUT2D eigenvalue weighted by molar-refractivity contribution is -0.331. The van der Waals surface area contributed by atoms with E-state index >= 15 is 0 Å². The molecule has 0 saturated carbocycles. The molecule has 3 unspecified atom stereocenters. The van der Waals surface area contributed by atoms with Crippen molar-refractivity contribution in [2.24, 2.45) is 0 Å². The van der Waals surface area contributed by atoms with Crippen molar-refractivity contribution in [1.82, 2.24) is 0 Å². The van der Waals surface area contributed by atoms with Crippen LogP contribution in [0.15, 0.2) is 0 Å². The second-order valence-electron chi connectivity index (χ2n) is 5.69. The summed E-state index contributed by atoms with van der Waals surface area (Å²) in [6, 6.07) is 0. The van der Waals surface area contributed by atoms with E-state index in [9.17, 15) is 30.3 Å². The first-order valence-electron chi connectivity index (χ1n) is 7.02. The highest BCUT2D eigenvalue weighted by Crippen LogP contribution is 2.33. The molecule has 3 fully saturated rings. The zero-order chi connectivity index (χ0) is 16.9. The van der Waals surface area contributed by atoms with Gasteiger partial charge in [-0.2, -0.15) is 0 Å². The van der Waals surface area contributed by atoms with Crippen molar-refractivity contribution in [1.29, 1.82) is 0 Å². The third kappa shape index (κ3) is 2.84. The van der Waals surface area contributed by atoms with E-state index in [2.05, 4.69) is 0 Å². The van der Waals surface area contributed by atoms with Gasteiger partial charge < -0.3 is 49.6 Å². The number of ether oxygens (including phenoxy) is 4. The van der Waals surface area contributed by atoms with E-state index < -0.39 is 67.4 Å². The zero-order valence-electron chi connectivity index (χ0n) is 11.7. The minimum absolute atomic E-state index is 0.0137. The lowest BCUT2D eigenvalue weighted by Gasteiger charge is -2.42. The molecule has 0 aromatic carbocycles. The van der Waals surface area contributed by atoms with Crippen LogP contribution in [0.2, 0.25) is 0 Å². The summed E-state index contributed by atoms with van der Waals surface area (Å²) in [7, 11) is 0. The average Bonchev–Trinajstić information content (AvgIpc) is 2.81. The van der Waals surface area contributed by atoms with E-state index in [4.69, 9.17) is 24.1 Å². The average molecular weight is 338 g/mol. The maximum atomic E-state index is 11.0. The Morgan fingerprint density at radius 3 is 2.30 bits per heavy atom. The molecule has 11 heteroatoms. The number of hydrogen-bond acceptors (Lipinski definition) is 10. The Morgan fingerprint density at radius 2 is 1.65 bits per heavy atom. The van der Waals surface area contributed by atoms with Gasteiger partial charge in [-0.1, -0.05) is 0 Å². The topological polar surface area (TPSA) is 175 Å². The monoisotopic (exact) mass is 338 g/mol. The van der Waals surface area contributed by atoms with Crippen LogP contribution in [-0.4, -0.2) is 105 Å². The van der Waals surface area contributed by atoms with Gasteiger partial charge in [0, 0.05) is 0 Å². The van der Waals surface area contributed by atoms with Crippen LogP contribution in [0, 0.1) is 0 Å². The molecule has 10 atom stereocenters. The highest BCUT2D eigenvalue weighted by atomic mass is 16.7. The van der Waals surface area contributed by atoms with Crippen LogP contribution in [0.4, 0.5) is 0 Å². The molecule has 3 heterocycles. The normalized spacial score (nSPS) is 53.3. The van der Waals surface area contributed by atoms with Crippen LogP contribution >= 0.6 is 0 Å². The SMILES string of the molecule is O=C(O)C1O[C@@H](O[C@@H]2C3COC2[C@@H](O)[C@H](O)O3)[C@@H](O)[C@@H](O)[C@H]1O. The molecule has 0 aliphatic carbocycles. The van der Waals surface area contributed by atoms with Crippen molar-refractivity contribution in [2.45, 2.75) is 61.4 Å². The third-order valence-electron chi connectivity index (χ3n) is 4.19. The van der Waals surface area contributed by atoms with Crippen LogP contribution in [0.3, 0.4) is 0 Å². The Morgan fingerprint density at radius 1 is 0.957 bits per heavy atom. The fourth-order valence-electron chi connectivity index (χ4n) is 2.92. The summed E-state index contributed by atoms with van der Waals surface area (Å²) in [6.07, 6.45) is -14.3. The van der Waals surface area contributed by atoms with Gasteiger partial charge in [-0.05, 0) is 0 Å². The second kappa shape index (κ2) is 6.20. The molecule has 2 bridgehead atoms. The number of carbonyl (C=O) groups is 1. The predicted octanol–water partition coefficient (Wildman–Crippen LogP) is -4.26. The van der Waals surface area contributed by atoms with Crippen LogP contribution in [0.1, 0.15) is 0 Å². The van der Waals surface area contributed by atoms with Gasteiger partial charge in [0.2, 0.25) is 0 Å². The van der Waals surface area contributed by atoms with E-state index in [1.807, 2.05) is 0 Å². The van der Waals surface area contributed by atoms with Gasteiger partial charge >= 0.3 is 5.97 Å². The van der Waals surface area contributed by atoms with Crippen molar-refractivity contribution >= 4 is 5.97 Å². The summed E-state index contributed by atoms with van der Waals surface area (Å²) in [5, 5.41) is 57.5. The van der Waals surface area contributed by atoms with E-state index in [0.717, 1.165) is 0 Å². The van der Waals surface area contributed by atoms with Crippen molar-refractivity contribution in [3.63, 3.8) is 0 Å². The fourth-order valence-corrected chi connectivity index (χ4v) is 2.92. The molecule has 0 aromatic heterocycles. The van der Waals surface area contributed by atoms with E-state index in [1.54, 1.807) is 0 Å². The van der Waals surface area contributed by atoms with Gasteiger partial charge in [-0.25, -0.2) is 4.79 Å². The maximum absolute atomic E-state index is 11.0. The molecule has 0 spiro atoms. The summed E-state index contributed by atoms with van der Waals surface area (Å²) in [4.78, 5) is 11.0. The summed E-state index contributed by atoms with van der Waals surface area (Å²) in [6.45, 7) is 0.0137. The van der Waals surface area contributed by atoms with Crippen LogP contribution in [-0.2, 0) is 23.7 Å². The molecule has 23 heavy (non-hydrogen) atoms. The van der Waals surface area contributed by atoms with Gasteiger partial charge in [0.25, 0.3) is 0 Å². The molecule has 6 N–H and O–H groups in total. The molecule has 3 aliphatic rings. The number of carboxylic acid groups (broad SMARTS) is 1. The van der Waals surface area contributed by atoms with Crippen molar-refractivity contribution in [3.8, 4) is 0 Å². The molecular weight excluding hydrogens is 320 g/mol. The highest BCUT2D eigenvalue weighted by molar-refractivity contribution is 5.73. The van der Waals surface area contributed by atoms with E-state index in [0.29, 0.717) is 0 Å². The van der Waals surface area contributed by atoms with Gasteiger partial charge in [0.1, 0.15) is 42.7 Å². The number of aliphatic hydroxyl groups excluding tert-OH is 5. The summed E-state index contributed by atoms with van der Waals surface area (Å²) in [5.41, 5.74) is 0. The quantitative estimate of drug-likeness (QED) is 0.294. The minimum atomic E-state index is -1.83. The van der Waals surface area contributed by atoms with Crippen molar-refractivity contribution in [3.05, 3.63) is 0 Å². The van der Waals surface area contributed by atoms with Gasteiger partial charge in [-0.15, -0.1) is 0 Å². The molecule has 0 amide bonds. The fraction of sp³-hybridized carbons (Fsp3) is 0.917. The summed E-state index contributed by atoms with van der Waals surface area (Å²) >= 11 is 0. The molecule has 11 nitrogen and oxygen atoms in total. The summed E-state index contributed by atoms with van der Waals surface area (Å²) in [5.74, 6) is -1.54. The Kier molecular flexibility index (Phi) is 4.57. The number of fused-ring (bicyclic) bond motifs is 2. The maximum Gasteiger partial charge on any atom is 0.335 e. The Bertz CT molecular complexity index is 458. The zero-order valence-corrected chi connectivity index (χ0v) is 11.7. The first-order chi connectivity index (χ1) is 10.8. The number of carboxylic acids is 1. The Balaban J connectivity index is 1.73. The smallest absolute Gasteiger partial charge is 0.335 e. The molecule has 0 aromatic rings. The van der Waals surface area contributed by atoms with Crippen LogP contribution < -0.4 is 0 Å². The number of aliphatic hydroxyl groups is 5. The van der Waals surface area contributed by atoms with Gasteiger partial charge in [0.15, 0.2) is 18.7 Å². The number of aliphatic carboxylic acids is 1. The van der Waals surface area contributed by atoms with Crippen LogP contribution in [0.5, 0.6) is 0 Å². The predicted molar refractivity (Wildman–Crippen MR) is 65.8 cm³/mol. The number of hydrogen-bond donors (Lipinski definition) is 6. The number of rotatable bonds is 3. The Hall–Kier alpha value is -0.890. The van der Waals surface area contributed by atoms with E-state index in [-0.39, 0.29) is 6.61 Å². The lowest BCUT2D eigenvalue weighted by atomic mass is 9.98. The molecule has 0 radical (unpaired) electrons. The lowest BCUT2D eigenvalue weighted by Crippen LogP contribution is -2.63. The molecule has 3 saturated heterocycles. The third-order valence-corrected chi connectivity index (χ3v) is 4.19. The molecular formula is C12H18O11. The first kappa shape index (κ1) is 17.0. The largest absolute Gasteiger partial charge is 0.479 e.